The third-order valence-corrected chi connectivity index (χ3v) is 1.11. The Labute approximate surface area is 50.1 Å². The summed E-state index contributed by atoms with van der Waals surface area (Å²) in [6.45, 7) is 0.229. The SMILES string of the molecule is CNC(CCO)NC. The fourth-order valence-electron chi connectivity index (χ4n) is 0.562. The monoisotopic (exact) mass is 118 g/mol. The van der Waals surface area contributed by atoms with Gasteiger partial charge in [-0.15, -0.1) is 0 Å². The van der Waals surface area contributed by atoms with Crippen molar-refractivity contribution in [3.63, 3.8) is 0 Å². The van der Waals surface area contributed by atoms with E-state index in [4.69, 9.17) is 5.11 Å². The molecule has 0 unspecified atom stereocenters. The van der Waals surface area contributed by atoms with Crippen molar-refractivity contribution >= 4 is 0 Å². The Balaban J connectivity index is 3.07. The third-order valence-electron chi connectivity index (χ3n) is 1.11. The van der Waals surface area contributed by atoms with Crippen molar-refractivity contribution in [2.24, 2.45) is 0 Å². The molecule has 0 aliphatic rings. The summed E-state index contributed by atoms with van der Waals surface area (Å²) in [5.41, 5.74) is 0. The molecule has 0 aliphatic heterocycles. The number of hydrogen-bond acceptors (Lipinski definition) is 3. The summed E-state index contributed by atoms with van der Waals surface area (Å²) >= 11 is 0. The second-order valence-corrected chi connectivity index (χ2v) is 1.64. The highest BCUT2D eigenvalue weighted by Crippen LogP contribution is 1.80. The van der Waals surface area contributed by atoms with Crippen molar-refractivity contribution in [1.29, 1.82) is 0 Å². The molecular weight excluding hydrogens is 104 g/mol. The Morgan fingerprint density at radius 2 is 1.88 bits per heavy atom. The molecule has 3 N–H and O–H groups in total. The molecule has 3 heteroatoms. The molecule has 0 fully saturated rings. The highest BCUT2D eigenvalue weighted by Gasteiger charge is 1.97. The van der Waals surface area contributed by atoms with Gasteiger partial charge in [0.1, 0.15) is 0 Å². The van der Waals surface area contributed by atoms with Crippen molar-refractivity contribution in [3.8, 4) is 0 Å². The maximum absolute atomic E-state index is 8.42. The second kappa shape index (κ2) is 5.03. The van der Waals surface area contributed by atoms with E-state index >= 15 is 0 Å². The van der Waals surface area contributed by atoms with Crippen LogP contribution < -0.4 is 10.6 Å². The lowest BCUT2D eigenvalue weighted by atomic mass is 10.3. The fourth-order valence-corrected chi connectivity index (χ4v) is 0.562. The first-order valence-electron chi connectivity index (χ1n) is 2.80. The van der Waals surface area contributed by atoms with Gasteiger partial charge >= 0.3 is 0 Å². The van der Waals surface area contributed by atoms with Crippen molar-refractivity contribution in [1.82, 2.24) is 10.6 Å². The van der Waals surface area contributed by atoms with E-state index in [1.165, 1.54) is 0 Å². The third kappa shape index (κ3) is 2.96. The molecule has 50 valence electrons. The first-order chi connectivity index (χ1) is 3.85. The molecule has 0 bridgehead atoms. The Morgan fingerprint density at radius 1 is 1.38 bits per heavy atom. The van der Waals surface area contributed by atoms with Crippen LogP contribution in [0.25, 0.3) is 0 Å². The van der Waals surface area contributed by atoms with Gasteiger partial charge in [-0.25, -0.2) is 0 Å². The minimum absolute atomic E-state index is 0.229. The zero-order valence-electron chi connectivity index (χ0n) is 5.44. The van der Waals surface area contributed by atoms with Gasteiger partial charge in [0, 0.05) is 6.61 Å². The molecule has 0 aromatic carbocycles. The molecule has 3 nitrogen and oxygen atoms in total. The molecular formula is C5H14N2O. The van der Waals surface area contributed by atoms with Gasteiger partial charge in [-0.05, 0) is 20.5 Å². The Kier molecular flexibility index (Phi) is 4.95. The van der Waals surface area contributed by atoms with E-state index in [2.05, 4.69) is 10.6 Å². The average Bonchev–Trinajstić information content (AvgIpc) is 1.83. The van der Waals surface area contributed by atoms with Crippen molar-refractivity contribution in [2.75, 3.05) is 20.7 Å². The molecule has 0 spiro atoms. The van der Waals surface area contributed by atoms with Crippen LogP contribution in [0, 0.1) is 0 Å². The van der Waals surface area contributed by atoms with Gasteiger partial charge in [0.2, 0.25) is 0 Å². The maximum atomic E-state index is 8.42. The predicted molar refractivity (Wildman–Crippen MR) is 33.6 cm³/mol. The van der Waals surface area contributed by atoms with Gasteiger partial charge in [-0.1, -0.05) is 0 Å². The Hall–Kier alpha value is -0.120. The number of aliphatic hydroxyl groups is 1. The zero-order valence-corrected chi connectivity index (χ0v) is 5.44. The van der Waals surface area contributed by atoms with Crippen LogP contribution in [0.15, 0.2) is 0 Å². The van der Waals surface area contributed by atoms with Crippen LogP contribution in [0.2, 0.25) is 0 Å². The van der Waals surface area contributed by atoms with Crippen molar-refractivity contribution in [2.45, 2.75) is 12.6 Å². The van der Waals surface area contributed by atoms with Crippen LogP contribution in [-0.2, 0) is 0 Å². The molecule has 0 aromatic heterocycles. The summed E-state index contributed by atoms with van der Waals surface area (Å²) in [5, 5.41) is 14.4. The zero-order chi connectivity index (χ0) is 6.41. The van der Waals surface area contributed by atoms with Crippen LogP contribution in [-0.4, -0.2) is 32.0 Å². The summed E-state index contributed by atoms with van der Waals surface area (Å²) in [5.74, 6) is 0. The molecule has 0 rings (SSSR count). The Morgan fingerprint density at radius 3 is 2.00 bits per heavy atom. The first kappa shape index (κ1) is 7.88. The van der Waals surface area contributed by atoms with Crippen LogP contribution in [0.5, 0.6) is 0 Å². The van der Waals surface area contributed by atoms with E-state index < -0.39 is 0 Å². The molecule has 0 heterocycles. The molecule has 0 aliphatic carbocycles. The molecule has 0 radical (unpaired) electrons. The topological polar surface area (TPSA) is 44.3 Å². The largest absolute Gasteiger partial charge is 0.396 e. The standard InChI is InChI=1S/C5H14N2O/c1-6-5(7-2)3-4-8/h5-8H,3-4H2,1-2H3. The van der Waals surface area contributed by atoms with Crippen LogP contribution in [0.1, 0.15) is 6.42 Å². The van der Waals surface area contributed by atoms with Gasteiger partial charge in [-0.3, -0.25) is 0 Å². The lowest BCUT2D eigenvalue weighted by molar-refractivity contribution is 0.259. The van der Waals surface area contributed by atoms with E-state index in [9.17, 15) is 0 Å². The lowest BCUT2D eigenvalue weighted by Gasteiger charge is -2.11. The van der Waals surface area contributed by atoms with Crippen molar-refractivity contribution < 1.29 is 5.11 Å². The van der Waals surface area contributed by atoms with Crippen LogP contribution in [0.3, 0.4) is 0 Å². The van der Waals surface area contributed by atoms with Crippen LogP contribution >= 0.6 is 0 Å². The van der Waals surface area contributed by atoms with Gasteiger partial charge < -0.3 is 15.7 Å². The number of hydrogen-bond donors (Lipinski definition) is 3. The van der Waals surface area contributed by atoms with Gasteiger partial charge in [0.05, 0.1) is 6.17 Å². The predicted octanol–water partition coefficient (Wildman–Crippen LogP) is -0.866. The minimum Gasteiger partial charge on any atom is -0.396 e. The van der Waals surface area contributed by atoms with E-state index in [0.717, 1.165) is 6.42 Å². The fraction of sp³-hybridized carbons (Fsp3) is 1.00. The van der Waals surface area contributed by atoms with Gasteiger partial charge in [-0.2, -0.15) is 0 Å². The summed E-state index contributed by atoms with van der Waals surface area (Å²) < 4.78 is 0. The van der Waals surface area contributed by atoms with Gasteiger partial charge in [0.25, 0.3) is 0 Å². The second-order valence-electron chi connectivity index (χ2n) is 1.64. The lowest BCUT2D eigenvalue weighted by Crippen LogP contribution is -2.38. The van der Waals surface area contributed by atoms with Gasteiger partial charge in [0.15, 0.2) is 0 Å². The number of nitrogens with one attached hydrogen (secondary N) is 2. The minimum atomic E-state index is 0.229. The van der Waals surface area contributed by atoms with Crippen LogP contribution in [0.4, 0.5) is 0 Å². The quantitative estimate of drug-likeness (QED) is 0.421. The summed E-state index contributed by atoms with van der Waals surface area (Å²) in [7, 11) is 3.72. The average molecular weight is 118 g/mol. The molecule has 0 aromatic rings. The first-order valence-corrected chi connectivity index (χ1v) is 2.80. The normalized spacial score (nSPS) is 10.5. The summed E-state index contributed by atoms with van der Waals surface area (Å²) in [4.78, 5) is 0. The summed E-state index contributed by atoms with van der Waals surface area (Å²) in [6, 6.07) is 0. The molecule has 8 heavy (non-hydrogen) atoms. The molecule has 0 saturated carbocycles. The van der Waals surface area contributed by atoms with E-state index in [0.29, 0.717) is 0 Å². The van der Waals surface area contributed by atoms with Crippen molar-refractivity contribution in [3.05, 3.63) is 0 Å². The molecule has 0 saturated heterocycles. The van der Waals surface area contributed by atoms with E-state index in [-0.39, 0.29) is 12.8 Å². The summed E-state index contributed by atoms with van der Waals surface area (Å²) in [6.07, 6.45) is 1.01. The smallest absolute Gasteiger partial charge is 0.0588 e. The molecule has 0 atom stereocenters. The maximum Gasteiger partial charge on any atom is 0.0588 e. The van der Waals surface area contributed by atoms with E-state index in [1.807, 2.05) is 14.1 Å². The highest BCUT2D eigenvalue weighted by atomic mass is 16.3. The number of rotatable bonds is 4. The number of aliphatic hydroxyl groups excluding tert-OH is 1. The highest BCUT2D eigenvalue weighted by molar-refractivity contribution is 4.55. The molecule has 0 amide bonds. The Bertz CT molecular complexity index is 45.7. The van der Waals surface area contributed by atoms with E-state index in [1.54, 1.807) is 0 Å².